The van der Waals surface area contributed by atoms with E-state index in [0.29, 0.717) is 24.7 Å². The summed E-state index contributed by atoms with van der Waals surface area (Å²) in [6, 6.07) is 5.60. The summed E-state index contributed by atoms with van der Waals surface area (Å²) in [7, 11) is 0. The molecule has 0 aromatic heterocycles. The van der Waals surface area contributed by atoms with E-state index >= 15 is 0 Å². The highest BCUT2D eigenvalue weighted by Gasteiger charge is 2.41. The Bertz CT molecular complexity index is 974. The minimum Gasteiger partial charge on any atom is -0.507 e. The Morgan fingerprint density at radius 3 is 2.56 bits per heavy atom. The molecule has 0 fully saturated rings. The molecule has 0 spiro atoms. The van der Waals surface area contributed by atoms with Crippen LogP contribution in [-0.4, -0.2) is 33.7 Å². The van der Waals surface area contributed by atoms with E-state index in [1.807, 2.05) is 0 Å². The number of ketones is 2. The normalized spacial score (nSPS) is 21.0. The Morgan fingerprint density at radius 2 is 1.84 bits per heavy atom. The number of phenolic OH excluding ortho intramolecular Hbond substituents is 2. The third-order valence-corrected chi connectivity index (χ3v) is 4.78. The number of hydrogen-bond acceptors (Lipinski definition) is 6. The first-order chi connectivity index (χ1) is 11.9. The van der Waals surface area contributed by atoms with Gasteiger partial charge < -0.3 is 14.9 Å². The fraction of sp³-hybridized carbons (Fsp3) is 0.211. The highest BCUT2D eigenvalue weighted by atomic mass is 16.5. The summed E-state index contributed by atoms with van der Waals surface area (Å²) in [5, 5.41) is 20.4. The molecule has 2 aromatic rings. The van der Waals surface area contributed by atoms with Crippen LogP contribution in [0.1, 0.15) is 50.8 Å². The lowest BCUT2D eigenvalue weighted by molar-refractivity contribution is -0.121. The summed E-state index contributed by atoms with van der Waals surface area (Å²) in [6.45, 7) is 1.60. The second kappa shape index (κ2) is 4.92. The maximum absolute atomic E-state index is 13.0. The van der Waals surface area contributed by atoms with Gasteiger partial charge in [-0.05, 0) is 37.5 Å². The first kappa shape index (κ1) is 15.4. The highest BCUT2D eigenvalue weighted by molar-refractivity contribution is 6.31. The van der Waals surface area contributed by atoms with Gasteiger partial charge in [-0.15, -0.1) is 0 Å². The quantitative estimate of drug-likeness (QED) is 0.659. The highest BCUT2D eigenvalue weighted by Crippen LogP contribution is 2.45. The van der Waals surface area contributed by atoms with Crippen molar-refractivity contribution in [2.75, 3.05) is 0 Å². The van der Waals surface area contributed by atoms with Gasteiger partial charge in [0.2, 0.25) is 5.78 Å². The summed E-state index contributed by atoms with van der Waals surface area (Å²) in [5.41, 5.74) is -0.897. The third kappa shape index (κ3) is 2.00. The lowest BCUT2D eigenvalue weighted by atomic mass is 9.80. The van der Waals surface area contributed by atoms with Crippen LogP contribution in [0.5, 0.6) is 17.2 Å². The number of benzene rings is 2. The van der Waals surface area contributed by atoms with Crippen LogP contribution in [0.25, 0.3) is 0 Å². The summed E-state index contributed by atoms with van der Waals surface area (Å²) in [4.78, 5) is 37.2. The van der Waals surface area contributed by atoms with E-state index in [0.717, 1.165) is 0 Å². The zero-order valence-corrected chi connectivity index (χ0v) is 13.3. The van der Waals surface area contributed by atoms with Gasteiger partial charge in [0.25, 0.3) is 0 Å². The number of phenols is 2. The smallest absolute Gasteiger partial charge is 0.202 e. The van der Waals surface area contributed by atoms with Crippen molar-refractivity contribution in [3.05, 3.63) is 52.1 Å². The fourth-order valence-electron chi connectivity index (χ4n) is 3.43. The molecule has 2 N–H and O–H groups in total. The second-order valence-electron chi connectivity index (χ2n) is 6.52. The van der Waals surface area contributed by atoms with Crippen LogP contribution in [0, 0.1) is 0 Å². The molecule has 1 aliphatic heterocycles. The van der Waals surface area contributed by atoms with Crippen LogP contribution in [0.4, 0.5) is 0 Å². The van der Waals surface area contributed by atoms with Gasteiger partial charge in [0, 0.05) is 5.56 Å². The van der Waals surface area contributed by atoms with Crippen LogP contribution in [0.3, 0.4) is 0 Å². The molecule has 25 heavy (non-hydrogen) atoms. The van der Waals surface area contributed by atoms with Gasteiger partial charge in [0.15, 0.2) is 17.7 Å². The third-order valence-electron chi connectivity index (χ3n) is 4.78. The second-order valence-corrected chi connectivity index (χ2v) is 6.52. The van der Waals surface area contributed by atoms with Crippen molar-refractivity contribution >= 4 is 17.9 Å². The van der Waals surface area contributed by atoms with Crippen LogP contribution in [0.15, 0.2) is 24.3 Å². The van der Waals surface area contributed by atoms with E-state index in [4.69, 9.17) is 4.74 Å². The van der Waals surface area contributed by atoms with Crippen molar-refractivity contribution < 1.29 is 29.3 Å². The molecule has 1 atom stereocenters. The molecule has 6 nitrogen and oxygen atoms in total. The van der Waals surface area contributed by atoms with E-state index in [1.165, 1.54) is 24.3 Å². The molecule has 0 saturated heterocycles. The molecule has 2 aromatic carbocycles. The first-order valence-electron chi connectivity index (χ1n) is 7.82. The molecule has 4 rings (SSSR count). The van der Waals surface area contributed by atoms with Crippen LogP contribution in [0.2, 0.25) is 0 Å². The Balaban J connectivity index is 2.03. The maximum Gasteiger partial charge on any atom is 0.202 e. The van der Waals surface area contributed by atoms with E-state index < -0.39 is 17.2 Å². The van der Waals surface area contributed by atoms with Crippen LogP contribution in [-0.2, 0) is 11.2 Å². The van der Waals surface area contributed by atoms with Gasteiger partial charge in [-0.1, -0.05) is 12.1 Å². The van der Waals surface area contributed by atoms with Gasteiger partial charge in [-0.3, -0.25) is 14.4 Å². The van der Waals surface area contributed by atoms with Gasteiger partial charge in [0.05, 0.1) is 16.7 Å². The average Bonchev–Trinajstić information content (AvgIpc) is 2.59. The van der Waals surface area contributed by atoms with Crippen molar-refractivity contribution in [1.29, 1.82) is 0 Å². The van der Waals surface area contributed by atoms with Crippen LogP contribution >= 0.6 is 0 Å². The minimum absolute atomic E-state index is 0.0294. The number of hydrogen-bond donors (Lipinski definition) is 2. The number of fused-ring (bicyclic) bond motifs is 4. The van der Waals surface area contributed by atoms with Gasteiger partial charge in [-0.25, -0.2) is 0 Å². The number of carbonyl (C=O) groups excluding carboxylic acids is 3. The number of rotatable bonds is 1. The maximum atomic E-state index is 13.0. The van der Waals surface area contributed by atoms with Crippen molar-refractivity contribution in [2.24, 2.45) is 0 Å². The Labute approximate surface area is 142 Å². The zero-order chi connectivity index (χ0) is 17.9. The standard InChI is InChI=1S/C19H14O6/c1-19(8-20)6-5-9-7-12(22)14-15(18(9)25-19)17(24)13-10(16(14)23)3-2-4-11(13)21/h2-4,7-8,21-22H,5-6H2,1H3. The SMILES string of the molecule is CC1(C=O)CCc2cc(O)c3c(c2O1)C(=O)c1c(O)cccc1C3=O. The number of carbonyl (C=O) groups is 3. The van der Waals surface area contributed by atoms with Crippen LogP contribution < -0.4 is 4.74 Å². The molecule has 0 saturated carbocycles. The van der Waals surface area contributed by atoms with Crippen molar-refractivity contribution in [2.45, 2.75) is 25.4 Å². The molecule has 1 unspecified atom stereocenters. The largest absolute Gasteiger partial charge is 0.507 e. The summed E-state index contributed by atoms with van der Waals surface area (Å²) in [5.74, 6) is -1.67. The molecule has 1 aliphatic carbocycles. The van der Waals surface area contributed by atoms with Crippen molar-refractivity contribution in [3.63, 3.8) is 0 Å². The van der Waals surface area contributed by atoms with Crippen molar-refractivity contribution in [3.8, 4) is 17.2 Å². The Kier molecular flexibility index (Phi) is 3.03. The zero-order valence-electron chi connectivity index (χ0n) is 13.3. The topological polar surface area (TPSA) is 101 Å². The van der Waals surface area contributed by atoms with E-state index in [9.17, 15) is 24.6 Å². The molecule has 0 amide bonds. The molecule has 126 valence electrons. The minimum atomic E-state index is -1.11. The molecule has 1 heterocycles. The number of aryl methyl sites for hydroxylation is 1. The molecule has 0 bridgehead atoms. The lowest BCUT2D eigenvalue weighted by Crippen LogP contribution is -2.39. The van der Waals surface area contributed by atoms with Gasteiger partial charge >= 0.3 is 0 Å². The molecule has 0 radical (unpaired) electrons. The predicted molar refractivity (Wildman–Crippen MR) is 86.5 cm³/mol. The molecular formula is C19H14O6. The monoisotopic (exact) mass is 338 g/mol. The Hall–Kier alpha value is -3.15. The predicted octanol–water partition coefficient (Wildman–Crippen LogP) is 2.16. The summed E-state index contributed by atoms with van der Waals surface area (Å²) in [6.07, 6.45) is 1.47. The van der Waals surface area contributed by atoms with Crippen molar-refractivity contribution in [1.82, 2.24) is 0 Å². The van der Waals surface area contributed by atoms with Gasteiger partial charge in [0.1, 0.15) is 17.2 Å². The average molecular weight is 338 g/mol. The summed E-state index contributed by atoms with van der Waals surface area (Å²) >= 11 is 0. The van der Waals surface area contributed by atoms with Gasteiger partial charge in [-0.2, -0.15) is 0 Å². The number of ether oxygens (including phenoxy) is 1. The molecule has 2 aliphatic rings. The number of aldehydes is 1. The molecule has 6 heteroatoms. The number of aromatic hydroxyl groups is 2. The Morgan fingerprint density at radius 1 is 1.08 bits per heavy atom. The van der Waals surface area contributed by atoms with E-state index in [1.54, 1.807) is 6.92 Å². The lowest BCUT2D eigenvalue weighted by Gasteiger charge is -2.34. The van der Waals surface area contributed by atoms with E-state index in [-0.39, 0.29) is 39.5 Å². The van der Waals surface area contributed by atoms with E-state index in [2.05, 4.69) is 0 Å². The molecular weight excluding hydrogens is 324 g/mol. The summed E-state index contributed by atoms with van der Waals surface area (Å²) < 4.78 is 5.76. The first-order valence-corrected chi connectivity index (χ1v) is 7.82. The fourth-order valence-corrected chi connectivity index (χ4v) is 3.43.